The van der Waals surface area contributed by atoms with Crippen molar-refractivity contribution in [3.63, 3.8) is 0 Å². The van der Waals surface area contributed by atoms with Crippen LogP contribution in [0, 0.1) is 6.92 Å². The van der Waals surface area contributed by atoms with Gasteiger partial charge in [-0.3, -0.25) is 14.2 Å². The van der Waals surface area contributed by atoms with Crippen molar-refractivity contribution < 1.29 is 4.79 Å². The maximum atomic E-state index is 13.3. The summed E-state index contributed by atoms with van der Waals surface area (Å²) in [7, 11) is 0. The van der Waals surface area contributed by atoms with E-state index in [2.05, 4.69) is 5.32 Å². The first-order chi connectivity index (χ1) is 14.8. The van der Waals surface area contributed by atoms with E-state index in [0.717, 1.165) is 10.1 Å². The molecule has 0 spiro atoms. The molecule has 6 nitrogen and oxygen atoms in total. The van der Waals surface area contributed by atoms with E-state index in [1.54, 1.807) is 30.3 Å². The molecule has 8 heteroatoms. The number of benzene rings is 3. The Labute approximate surface area is 187 Å². The van der Waals surface area contributed by atoms with Crippen molar-refractivity contribution in [2.75, 3.05) is 5.32 Å². The van der Waals surface area contributed by atoms with Crippen molar-refractivity contribution in [3.8, 4) is 5.69 Å². The number of hydrogen-bond donors (Lipinski definition) is 1. The Morgan fingerprint density at radius 2 is 1.71 bits per heavy atom. The van der Waals surface area contributed by atoms with E-state index >= 15 is 0 Å². The van der Waals surface area contributed by atoms with E-state index in [9.17, 15) is 14.4 Å². The highest BCUT2D eigenvalue weighted by molar-refractivity contribution is 6.42. The number of aryl methyl sites for hydroxylation is 1. The molecule has 0 aliphatic carbocycles. The summed E-state index contributed by atoms with van der Waals surface area (Å²) in [5.41, 5.74) is 1.10. The molecule has 1 heterocycles. The molecular weight excluding hydrogens is 437 g/mol. The van der Waals surface area contributed by atoms with Gasteiger partial charge in [0, 0.05) is 5.69 Å². The van der Waals surface area contributed by atoms with Crippen LogP contribution in [0.15, 0.2) is 76.3 Å². The lowest BCUT2D eigenvalue weighted by atomic mass is 10.2. The van der Waals surface area contributed by atoms with E-state index in [1.807, 2.05) is 25.1 Å². The molecule has 0 fully saturated rings. The number of aromatic nitrogens is 2. The van der Waals surface area contributed by atoms with Gasteiger partial charge in [0.25, 0.3) is 5.56 Å². The molecule has 0 radical (unpaired) electrons. The van der Waals surface area contributed by atoms with Crippen molar-refractivity contribution in [2.24, 2.45) is 0 Å². The third kappa shape index (κ3) is 4.13. The van der Waals surface area contributed by atoms with E-state index < -0.39 is 17.2 Å². The molecule has 1 N–H and O–H groups in total. The fourth-order valence-corrected chi connectivity index (χ4v) is 3.68. The third-order valence-corrected chi connectivity index (χ3v) is 5.55. The number of carbonyl (C=O) groups is 1. The zero-order valence-electron chi connectivity index (χ0n) is 16.4. The normalized spacial score (nSPS) is 10.9. The quantitative estimate of drug-likeness (QED) is 0.497. The second kappa shape index (κ2) is 8.41. The van der Waals surface area contributed by atoms with Crippen molar-refractivity contribution in [2.45, 2.75) is 13.5 Å². The van der Waals surface area contributed by atoms with E-state index in [1.165, 1.54) is 22.8 Å². The van der Waals surface area contributed by atoms with Gasteiger partial charge in [-0.15, -0.1) is 0 Å². The van der Waals surface area contributed by atoms with Gasteiger partial charge in [0.15, 0.2) is 0 Å². The van der Waals surface area contributed by atoms with Crippen molar-refractivity contribution in [1.29, 1.82) is 0 Å². The van der Waals surface area contributed by atoms with Gasteiger partial charge in [-0.1, -0.05) is 47.5 Å². The Hall–Kier alpha value is -3.35. The van der Waals surface area contributed by atoms with Gasteiger partial charge in [-0.2, -0.15) is 0 Å². The summed E-state index contributed by atoms with van der Waals surface area (Å²) in [5, 5.41) is 3.60. The summed E-state index contributed by atoms with van der Waals surface area (Å²) in [4.78, 5) is 39.1. The number of hydrogen-bond acceptors (Lipinski definition) is 3. The first-order valence-corrected chi connectivity index (χ1v) is 10.2. The molecule has 0 aliphatic rings. The molecule has 4 rings (SSSR count). The predicted octanol–water partition coefficient (Wildman–Crippen LogP) is 4.41. The van der Waals surface area contributed by atoms with Crippen LogP contribution in [-0.2, 0) is 11.3 Å². The summed E-state index contributed by atoms with van der Waals surface area (Å²) in [6.07, 6.45) is 0. The highest BCUT2D eigenvalue weighted by Gasteiger charge is 2.17. The van der Waals surface area contributed by atoms with E-state index in [-0.39, 0.29) is 17.3 Å². The van der Waals surface area contributed by atoms with Crippen LogP contribution in [0.3, 0.4) is 0 Å². The number of rotatable bonds is 4. The summed E-state index contributed by atoms with van der Waals surface area (Å²) in [6.45, 7) is 1.65. The molecular formula is C23H17Cl2N3O3. The van der Waals surface area contributed by atoms with Crippen LogP contribution in [0.25, 0.3) is 16.6 Å². The lowest BCUT2D eigenvalue weighted by molar-refractivity contribution is -0.116. The van der Waals surface area contributed by atoms with E-state index in [0.29, 0.717) is 21.6 Å². The van der Waals surface area contributed by atoms with Crippen LogP contribution >= 0.6 is 23.2 Å². The molecule has 4 aromatic rings. The largest absolute Gasteiger partial charge is 0.336 e. The molecule has 0 aliphatic heterocycles. The topological polar surface area (TPSA) is 73.1 Å². The number of amides is 1. The number of nitrogens with one attached hydrogen (secondary N) is 1. The van der Waals surface area contributed by atoms with Crippen LogP contribution < -0.4 is 16.6 Å². The Morgan fingerprint density at radius 3 is 2.45 bits per heavy atom. The SMILES string of the molecule is Cc1cccc(NC(=O)Cn2c(=O)n(-c3ccc(Cl)c(Cl)c3)c(=O)c3ccccc32)c1. The Morgan fingerprint density at radius 1 is 0.935 bits per heavy atom. The van der Waals surface area contributed by atoms with Gasteiger partial charge in [-0.05, 0) is 55.0 Å². The molecule has 1 aromatic heterocycles. The van der Waals surface area contributed by atoms with Crippen LogP contribution in [0.1, 0.15) is 5.56 Å². The van der Waals surface area contributed by atoms with Crippen molar-refractivity contribution in [1.82, 2.24) is 9.13 Å². The zero-order valence-corrected chi connectivity index (χ0v) is 17.9. The highest BCUT2D eigenvalue weighted by atomic mass is 35.5. The molecule has 0 atom stereocenters. The van der Waals surface area contributed by atoms with Crippen molar-refractivity contribution >= 4 is 45.7 Å². The maximum absolute atomic E-state index is 13.3. The number of halogens is 2. The molecule has 1 amide bonds. The van der Waals surface area contributed by atoms with Gasteiger partial charge < -0.3 is 5.32 Å². The van der Waals surface area contributed by atoms with Crippen LogP contribution in [0.4, 0.5) is 5.69 Å². The Kier molecular flexibility index (Phi) is 5.67. The second-order valence-corrected chi connectivity index (χ2v) is 7.86. The minimum atomic E-state index is -0.651. The summed E-state index contributed by atoms with van der Waals surface area (Å²) < 4.78 is 2.26. The molecule has 156 valence electrons. The molecule has 0 saturated heterocycles. The number of nitrogens with zero attached hydrogens (tertiary/aromatic N) is 2. The average molecular weight is 454 g/mol. The summed E-state index contributed by atoms with van der Waals surface area (Å²) >= 11 is 12.1. The first kappa shape index (κ1) is 20.9. The smallest absolute Gasteiger partial charge is 0.325 e. The summed E-state index contributed by atoms with van der Waals surface area (Å²) in [6, 6.07) is 18.5. The zero-order chi connectivity index (χ0) is 22.1. The number of fused-ring (bicyclic) bond motifs is 1. The van der Waals surface area contributed by atoms with Crippen molar-refractivity contribution in [3.05, 3.63) is 103 Å². The number of para-hydroxylation sites is 1. The van der Waals surface area contributed by atoms with Gasteiger partial charge in [0.1, 0.15) is 6.54 Å². The van der Waals surface area contributed by atoms with Crippen LogP contribution in [-0.4, -0.2) is 15.0 Å². The molecule has 0 unspecified atom stereocenters. The maximum Gasteiger partial charge on any atom is 0.336 e. The highest BCUT2D eigenvalue weighted by Crippen LogP contribution is 2.23. The first-order valence-electron chi connectivity index (χ1n) is 9.41. The van der Waals surface area contributed by atoms with Crippen LogP contribution in [0.2, 0.25) is 10.0 Å². The van der Waals surface area contributed by atoms with Gasteiger partial charge in [-0.25, -0.2) is 9.36 Å². The lowest BCUT2D eigenvalue weighted by Gasteiger charge is -2.14. The Balaban J connectivity index is 1.84. The number of carbonyl (C=O) groups excluding carboxylic acids is 1. The molecule has 0 saturated carbocycles. The van der Waals surface area contributed by atoms with Gasteiger partial charge >= 0.3 is 5.69 Å². The molecule has 3 aromatic carbocycles. The summed E-state index contributed by atoms with van der Waals surface area (Å²) in [5.74, 6) is -0.391. The Bertz CT molecular complexity index is 1440. The average Bonchev–Trinajstić information content (AvgIpc) is 2.74. The van der Waals surface area contributed by atoms with Gasteiger partial charge in [0.2, 0.25) is 5.91 Å². The standard InChI is InChI=1S/C23H17Cl2N3O3/c1-14-5-4-6-15(11-14)26-21(29)13-27-20-8-3-2-7-17(20)22(30)28(23(27)31)16-9-10-18(24)19(25)12-16/h2-12H,13H2,1H3,(H,26,29). The monoisotopic (exact) mass is 453 g/mol. The molecule has 31 heavy (non-hydrogen) atoms. The molecule has 0 bridgehead atoms. The minimum Gasteiger partial charge on any atom is -0.325 e. The minimum absolute atomic E-state index is 0.211. The van der Waals surface area contributed by atoms with E-state index in [4.69, 9.17) is 23.2 Å². The lowest BCUT2D eigenvalue weighted by Crippen LogP contribution is -2.40. The third-order valence-electron chi connectivity index (χ3n) is 4.82. The van der Waals surface area contributed by atoms with Crippen LogP contribution in [0.5, 0.6) is 0 Å². The second-order valence-electron chi connectivity index (χ2n) is 7.04. The fraction of sp³-hybridized carbons (Fsp3) is 0.0870. The fourth-order valence-electron chi connectivity index (χ4n) is 3.39. The van der Waals surface area contributed by atoms with Gasteiger partial charge in [0.05, 0.1) is 26.6 Å². The predicted molar refractivity (Wildman–Crippen MR) is 124 cm³/mol. The number of anilines is 1.